The number of aromatic nitrogens is 3. The lowest BCUT2D eigenvalue weighted by Gasteiger charge is -2.31. The van der Waals surface area contributed by atoms with Crippen LogP contribution >= 0.6 is 0 Å². The first-order valence-corrected chi connectivity index (χ1v) is 10.3. The summed E-state index contributed by atoms with van der Waals surface area (Å²) < 4.78 is 45.6. The van der Waals surface area contributed by atoms with Crippen LogP contribution in [-0.4, -0.2) is 50.8 Å². The van der Waals surface area contributed by atoms with Crippen LogP contribution < -0.4 is 5.32 Å². The number of alkyl halides is 3. The molecule has 33 heavy (non-hydrogen) atoms. The Balaban J connectivity index is 1.55. The molecule has 0 spiro atoms. The molecule has 1 fully saturated rings. The predicted molar refractivity (Wildman–Crippen MR) is 112 cm³/mol. The number of carbonyl (C=O) groups excluding carboxylic acids is 2. The highest BCUT2D eigenvalue weighted by atomic mass is 19.4. The molecule has 8 nitrogen and oxygen atoms in total. The number of hydrogen-bond acceptors (Lipinski definition) is 5. The molecule has 1 aliphatic rings. The second-order valence-electron chi connectivity index (χ2n) is 7.89. The Morgan fingerprint density at radius 1 is 1.24 bits per heavy atom. The zero-order valence-corrected chi connectivity index (χ0v) is 17.7. The monoisotopic (exact) mass is 461 g/mol. The Labute approximate surface area is 187 Å². The molecule has 1 N–H and O–H groups in total. The van der Waals surface area contributed by atoms with Crippen LogP contribution in [0.3, 0.4) is 0 Å². The fourth-order valence-electron chi connectivity index (χ4n) is 3.64. The summed E-state index contributed by atoms with van der Waals surface area (Å²) in [7, 11) is 1.49. The summed E-state index contributed by atoms with van der Waals surface area (Å²) in [6, 6.07) is 4.99. The fraction of sp³-hybridized carbons (Fsp3) is 0.364. The van der Waals surface area contributed by atoms with Gasteiger partial charge >= 0.3 is 18.0 Å². The quantitative estimate of drug-likeness (QED) is 0.546. The lowest BCUT2D eigenvalue weighted by molar-refractivity contribution is -0.146. The molecule has 1 atom stereocenters. The molecule has 1 aliphatic carbocycles. The van der Waals surface area contributed by atoms with E-state index in [0.29, 0.717) is 11.3 Å². The third-order valence-electron chi connectivity index (χ3n) is 5.50. The number of fused-ring (bicyclic) bond motifs is 1. The van der Waals surface area contributed by atoms with Gasteiger partial charge in [0.1, 0.15) is 5.65 Å². The highest BCUT2D eigenvalue weighted by Crippen LogP contribution is 2.36. The first-order valence-electron chi connectivity index (χ1n) is 10.3. The van der Waals surface area contributed by atoms with E-state index in [1.165, 1.54) is 18.1 Å². The van der Waals surface area contributed by atoms with Crippen LogP contribution in [0.2, 0.25) is 0 Å². The summed E-state index contributed by atoms with van der Waals surface area (Å²) >= 11 is 0. The summed E-state index contributed by atoms with van der Waals surface area (Å²) in [6.45, 7) is 0.0819. The Morgan fingerprint density at radius 3 is 2.67 bits per heavy atom. The number of ether oxygens (including phenoxy) is 1. The number of imidazole rings is 1. The number of nitrogens with one attached hydrogen (secondary N) is 1. The topological polar surface area (TPSA) is 88.8 Å². The fourth-order valence-corrected chi connectivity index (χ4v) is 3.64. The average Bonchev–Trinajstić information content (AvgIpc) is 3.52. The van der Waals surface area contributed by atoms with E-state index in [1.807, 2.05) is 0 Å². The van der Waals surface area contributed by atoms with Gasteiger partial charge in [-0.05, 0) is 37.0 Å². The largest absolute Gasteiger partial charge is 0.417 e. The van der Waals surface area contributed by atoms with Gasteiger partial charge < -0.3 is 19.4 Å². The van der Waals surface area contributed by atoms with E-state index in [1.54, 1.807) is 35.1 Å². The van der Waals surface area contributed by atoms with Gasteiger partial charge in [0.05, 0.1) is 30.5 Å². The minimum absolute atomic E-state index is 0.117. The number of methoxy groups -OCH3 is 1. The number of halogens is 3. The van der Waals surface area contributed by atoms with Gasteiger partial charge in [0.25, 0.3) is 0 Å². The van der Waals surface area contributed by atoms with Crippen LogP contribution in [0.4, 0.5) is 18.9 Å². The van der Waals surface area contributed by atoms with E-state index < -0.39 is 29.6 Å². The number of pyridine rings is 2. The van der Waals surface area contributed by atoms with Gasteiger partial charge in [-0.3, -0.25) is 14.6 Å². The predicted octanol–water partition coefficient (Wildman–Crippen LogP) is 3.14. The lowest BCUT2D eigenvalue weighted by Crippen LogP contribution is -2.48. The normalized spacial score (nSPS) is 14.8. The van der Waals surface area contributed by atoms with Gasteiger partial charge in [-0.1, -0.05) is 0 Å². The third-order valence-corrected chi connectivity index (χ3v) is 5.50. The van der Waals surface area contributed by atoms with E-state index in [-0.39, 0.29) is 24.8 Å². The molecule has 2 amide bonds. The minimum atomic E-state index is -4.51. The van der Waals surface area contributed by atoms with Crippen LogP contribution in [0.15, 0.2) is 49.1 Å². The third kappa shape index (κ3) is 5.30. The minimum Gasteiger partial charge on any atom is -0.383 e. The van der Waals surface area contributed by atoms with Gasteiger partial charge in [0.15, 0.2) is 0 Å². The zero-order chi connectivity index (χ0) is 23.6. The maximum absolute atomic E-state index is 13.2. The second kappa shape index (κ2) is 9.18. The molecule has 174 valence electrons. The zero-order valence-electron chi connectivity index (χ0n) is 17.7. The summed E-state index contributed by atoms with van der Waals surface area (Å²) in [4.78, 5) is 35.3. The Kier molecular flexibility index (Phi) is 6.32. The van der Waals surface area contributed by atoms with E-state index in [9.17, 15) is 22.8 Å². The Hall–Kier alpha value is -3.47. The Bertz CT molecular complexity index is 1140. The summed E-state index contributed by atoms with van der Waals surface area (Å²) in [5, 5.41) is 2.58. The van der Waals surface area contributed by atoms with Crippen molar-refractivity contribution in [1.82, 2.24) is 19.3 Å². The van der Waals surface area contributed by atoms with Gasteiger partial charge in [0.2, 0.25) is 0 Å². The van der Waals surface area contributed by atoms with Crippen LogP contribution in [-0.2, 0) is 27.0 Å². The highest BCUT2D eigenvalue weighted by molar-refractivity contribution is 6.39. The summed E-state index contributed by atoms with van der Waals surface area (Å²) in [5.74, 6) is -1.52. The number of anilines is 1. The maximum atomic E-state index is 13.2. The molecule has 0 aromatic carbocycles. The standard InChI is InChI=1S/C22H22F3N5O3/c1-33-13-18(14-2-3-14)30(12-17-5-4-15(11-27-17)22(23,24)25)21(32)20(31)28-16-6-8-29-9-7-26-19(29)10-16/h4-11,14,18H,2-3,12-13H2,1H3,(H,28,31)/t18-/m0/s1. The number of amides is 2. The van der Waals surface area contributed by atoms with E-state index in [2.05, 4.69) is 15.3 Å². The second-order valence-corrected chi connectivity index (χ2v) is 7.89. The molecule has 0 radical (unpaired) electrons. The number of rotatable bonds is 7. The number of carbonyl (C=O) groups is 2. The van der Waals surface area contributed by atoms with E-state index >= 15 is 0 Å². The van der Waals surface area contributed by atoms with Crippen LogP contribution in [0.1, 0.15) is 24.1 Å². The van der Waals surface area contributed by atoms with Crippen molar-refractivity contribution in [1.29, 1.82) is 0 Å². The molecule has 0 bridgehead atoms. The molecule has 3 heterocycles. The van der Waals surface area contributed by atoms with Crippen molar-refractivity contribution in [2.24, 2.45) is 5.92 Å². The molecule has 0 unspecified atom stereocenters. The highest BCUT2D eigenvalue weighted by Gasteiger charge is 2.39. The first-order chi connectivity index (χ1) is 15.8. The molecule has 11 heteroatoms. The molecule has 1 saturated carbocycles. The summed E-state index contributed by atoms with van der Waals surface area (Å²) in [5.41, 5.74) is 0.354. The van der Waals surface area contributed by atoms with Gasteiger partial charge in [-0.25, -0.2) is 4.98 Å². The smallest absolute Gasteiger partial charge is 0.383 e. The molecule has 0 aliphatic heterocycles. The lowest BCUT2D eigenvalue weighted by atomic mass is 10.1. The Morgan fingerprint density at radius 2 is 2.03 bits per heavy atom. The molecule has 3 aromatic heterocycles. The van der Waals surface area contributed by atoms with Crippen molar-refractivity contribution in [3.05, 3.63) is 60.3 Å². The van der Waals surface area contributed by atoms with Gasteiger partial charge in [-0.15, -0.1) is 0 Å². The van der Waals surface area contributed by atoms with Crippen LogP contribution in [0.25, 0.3) is 5.65 Å². The van der Waals surface area contributed by atoms with Crippen molar-refractivity contribution in [3.8, 4) is 0 Å². The van der Waals surface area contributed by atoms with E-state index in [4.69, 9.17) is 4.74 Å². The average molecular weight is 461 g/mol. The molecule has 3 aromatic rings. The van der Waals surface area contributed by atoms with Crippen LogP contribution in [0, 0.1) is 5.92 Å². The molecule has 4 rings (SSSR count). The van der Waals surface area contributed by atoms with E-state index in [0.717, 1.165) is 25.1 Å². The molecular formula is C22H22F3N5O3. The first kappa shape index (κ1) is 22.7. The number of nitrogens with zero attached hydrogens (tertiary/aromatic N) is 4. The van der Waals surface area contributed by atoms with Crippen molar-refractivity contribution in [2.75, 3.05) is 19.0 Å². The molecule has 0 saturated heterocycles. The van der Waals surface area contributed by atoms with Crippen molar-refractivity contribution in [2.45, 2.75) is 31.6 Å². The van der Waals surface area contributed by atoms with Crippen LogP contribution in [0.5, 0.6) is 0 Å². The van der Waals surface area contributed by atoms with Gasteiger partial charge in [0, 0.05) is 43.7 Å². The summed E-state index contributed by atoms with van der Waals surface area (Å²) in [6.07, 6.45) is 3.01. The SMILES string of the molecule is COC[C@@H](C1CC1)N(Cc1ccc(C(F)(F)F)cn1)C(=O)C(=O)Nc1ccn2ccnc2c1. The molecular weight excluding hydrogens is 439 g/mol. The van der Waals surface area contributed by atoms with Crippen molar-refractivity contribution in [3.63, 3.8) is 0 Å². The van der Waals surface area contributed by atoms with Gasteiger partial charge in [-0.2, -0.15) is 13.2 Å². The maximum Gasteiger partial charge on any atom is 0.417 e. The van der Waals surface area contributed by atoms with Crippen molar-refractivity contribution < 1.29 is 27.5 Å². The van der Waals surface area contributed by atoms with Crippen molar-refractivity contribution >= 4 is 23.1 Å². The number of hydrogen-bond donors (Lipinski definition) is 1.